The molecule has 0 aromatic rings. The van der Waals surface area contributed by atoms with Gasteiger partial charge in [-0.15, -0.1) is 0 Å². The highest BCUT2D eigenvalue weighted by molar-refractivity contribution is 5.84. The summed E-state index contributed by atoms with van der Waals surface area (Å²) in [5, 5.41) is 43.4. The molecule has 0 amide bonds. The maximum Gasteiger partial charge on any atom is 0.137 e. The minimum absolute atomic E-state index is 0.0282. The van der Waals surface area contributed by atoms with Gasteiger partial charge in [0.05, 0.1) is 24.4 Å². The summed E-state index contributed by atoms with van der Waals surface area (Å²) in [5.41, 5.74) is -1.12. The van der Waals surface area contributed by atoms with Gasteiger partial charge in [-0.3, -0.25) is 4.79 Å². The first-order valence-corrected chi connectivity index (χ1v) is 13.9. The maximum absolute atomic E-state index is 14.0. The molecule has 5 heteroatoms. The number of ketones is 1. The average molecular weight is 491 g/mol. The molecule has 0 radical (unpaired) electrons. The Bertz CT molecular complexity index is 876. The zero-order chi connectivity index (χ0) is 26.2. The Hall–Kier alpha value is -0.750. The van der Waals surface area contributed by atoms with Gasteiger partial charge in [0, 0.05) is 12.3 Å². The molecule has 0 spiro atoms. The highest BCUT2D eigenvalue weighted by atomic mass is 16.3. The van der Waals surface area contributed by atoms with Crippen molar-refractivity contribution in [3.63, 3.8) is 0 Å². The van der Waals surface area contributed by atoms with Crippen molar-refractivity contribution in [3.05, 3.63) is 11.6 Å². The number of carbonyl (C=O) groups excluding carboxylic acids is 1. The average Bonchev–Trinajstić information content (AvgIpc) is 3.13. The van der Waals surface area contributed by atoms with Crippen LogP contribution in [0, 0.1) is 45.3 Å². The third kappa shape index (κ3) is 3.82. The van der Waals surface area contributed by atoms with Gasteiger partial charge in [0.25, 0.3) is 0 Å². The minimum atomic E-state index is -0.954. The number of fused-ring (bicyclic) bond motifs is 5. The summed E-state index contributed by atoms with van der Waals surface area (Å²) in [4.78, 5) is 14.0. The van der Waals surface area contributed by atoms with Crippen molar-refractivity contribution in [2.45, 2.75) is 118 Å². The van der Waals surface area contributed by atoms with E-state index in [0.29, 0.717) is 37.9 Å². The Balaban J connectivity index is 1.68. The Labute approximate surface area is 212 Å². The summed E-state index contributed by atoms with van der Waals surface area (Å²) < 4.78 is 0. The van der Waals surface area contributed by atoms with Gasteiger partial charge in [-0.05, 0) is 98.2 Å². The largest absolute Gasteiger partial charge is 0.393 e. The lowest BCUT2D eigenvalue weighted by atomic mass is 9.34. The van der Waals surface area contributed by atoms with Crippen LogP contribution in [0.3, 0.4) is 0 Å². The monoisotopic (exact) mass is 490 g/mol. The van der Waals surface area contributed by atoms with Crippen LogP contribution in [0.15, 0.2) is 11.6 Å². The third-order valence-electron chi connectivity index (χ3n) is 12.2. The van der Waals surface area contributed by atoms with Gasteiger partial charge in [0.15, 0.2) is 0 Å². The lowest BCUT2D eigenvalue weighted by Crippen LogP contribution is -2.69. The molecule has 4 aliphatic carbocycles. The molecule has 0 aromatic carbocycles. The van der Waals surface area contributed by atoms with Crippen LogP contribution in [0.4, 0.5) is 0 Å². The number of carbonyl (C=O) groups is 1. The predicted molar refractivity (Wildman–Crippen MR) is 137 cm³/mol. The van der Waals surface area contributed by atoms with Gasteiger partial charge >= 0.3 is 0 Å². The number of aliphatic hydroxyl groups excluding tert-OH is 3. The number of Topliss-reactive ketones (excluding diaryl/α,β-unsaturated/α-hetero) is 1. The van der Waals surface area contributed by atoms with Crippen molar-refractivity contribution in [2.24, 2.45) is 45.3 Å². The van der Waals surface area contributed by atoms with E-state index in [2.05, 4.69) is 34.6 Å². The van der Waals surface area contributed by atoms with Crippen LogP contribution in [-0.2, 0) is 4.79 Å². The van der Waals surface area contributed by atoms with E-state index in [-0.39, 0.29) is 46.5 Å². The quantitative estimate of drug-likeness (QED) is 0.421. The molecule has 0 saturated heterocycles. The van der Waals surface area contributed by atoms with E-state index in [9.17, 15) is 25.2 Å². The summed E-state index contributed by atoms with van der Waals surface area (Å²) >= 11 is 0. The fourth-order valence-electron chi connectivity index (χ4n) is 10.2. The van der Waals surface area contributed by atoms with Crippen LogP contribution in [0.5, 0.6) is 0 Å². The van der Waals surface area contributed by atoms with Crippen molar-refractivity contribution < 1.29 is 25.2 Å². The van der Waals surface area contributed by atoms with Crippen molar-refractivity contribution in [1.29, 1.82) is 0 Å². The maximum atomic E-state index is 14.0. The van der Waals surface area contributed by atoms with E-state index in [1.165, 1.54) is 0 Å². The molecule has 0 aromatic heterocycles. The molecule has 4 N–H and O–H groups in total. The summed E-state index contributed by atoms with van der Waals surface area (Å²) in [7, 11) is 0. The van der Waals surface area contributed by atoms with Crippen molar-refractivity contribution >= 4 is 5.78 Å². The zero-order valence-corrected chi connectivity index (χ0v) is 23.1. The van der Waals surface area contributed by atoms with E-state index < -0.39 is 23.2 Å². The number of rotatable bonds is 5. The number of aliphatic hydroxyl groups is 4. The van der Waals surface area contributed by atoms with Crippen molar-refractivity contribution in [2.75, 3.05) is 6.61 Å². The lowest BCUT2D eigenvalue weighted by molar-refractivity contribution is -0.253. The smallest absolute Gasteiger partial charge is 0.137 e. The van der Waals surface area contributed by atoms with E-state index in [1.807, 2.05) is 19.9 Å². The highest BCUT2D eigenvalue weighted by Crippen LogP contribution is 2.75. The van der Waals surface area contributed by atoms with Crippen LogP contribution in [0.1, 0.15) is 99.8 Å². The van der Waals surface area contributed by atoms with E-state index in [4.69, 9.17) is 0 Å². The topological polar surface area (TPSA) is 98.0 Å². The number of allylic oxidation sites excluding steroid dienone is 1. The molecule has 0 aliphatic heterocycles. The standard InChI is InChI=1S/C30H50O5/c1-18(17-31)9-8-12-30(7,35)19-10-14-28(5)24(19)20(32)15-22-27(4)13-11-23(34)26(2,3)25(27)21(33)16-29(22,28)6/h9,19,21-25,31,33-35H,8,10-17H2,1-7H3/b18-9-/t19-,21-,22+,23-,24-,25-,27+,28+,29+,30-/m0/s1. The first-order chi connectivity index (χ1) is 16.1. The highest BCUT2D eigenvalue weighted by Gasteiger charge is 2.73. The lowest BCUT2D eigenvalue weighted by Gasteiger charge is -2.70. The first kappa shape index (κ1) is 27.3. The normalized spacial score (nSPS) is 49.1. The van der Waals surface area contributed by atoms with Crippen molar-refractivity contribution in [1.82, 2.24) is 0 Å². The summed E-state index contributed by atoms with van der Waals surface area (Å²) in [6, 6.07) is 0. The second kappa shape index (κ2) is 8.64. The van der Waals surface area contributed by atoms with Crippen LogP contribution in [-0.4, -0.2) is 50.6 Å². The van der Waals surface area contributed by atoms with Gasteiger partial charge in [-0.25, -0.2) is 0 Å². The Kier molecular flexibility index (Phi) is 6.74. The molecule has 0 heterocycles. The number of hydrogen-bond acceptors (Lipinski definition) is 5. The molecule has 4 rings (SSSR count). The molecular formula is C30H50O5. The Morgan fingerprint density at radius 1 is 1.09 bits per heavy atom. The van der Waals surface area contributed by atoms with Crippen LogP contribution >= 0.6 is 0 Å². The Morgan fingerprint density at radius 3 is 2.37 bits per heavy atom. The molecule has 200 valence electrons. The van der Waals surface area contributed by atoms with E-state index in [1.54, 1.807) is 0 Å². The van der Waals surface area contributed by atoms with Gasteiger partial charge in [0.1, 0.15) is 5.78 Å². The van der Waals surface area contributed by atoms with Crippen LogP contribution in [0.2, 0.25) is 0 Å². The van der Waals surface area contributed by atoms with Crippen molar-refractivity contribution in [3.8, 4) is 0 Å². The molecule has 4 fully saturated rings. The molecule has 4 saturated carbocycles. The fourth-order valence-corrected chi connectivity index (χ4v) is 10.2. The van der Waals surface area contributed by atoms with E-state index >= 15 is 0 Å². The molecule has 10 atom stereocenters. The molecule has 4 aliphatic rings. The number of hydrogen-bond donors (Lipinski definition) is 4. The molecule has 0 unspecified atom stereocenters. The summed E-state index contributed by atoms with van der Waals surface area (Å²) in [5.74, 6) is 0.138. The second-order valence-electron chi connectivity index (χ2n) is 14.4. The van der Waals surface area contributed by atoms with Gasteiger partial charge in [-0.1, -0.05) is 46.3 Å². The molecular weight excluding hydrogens is 440 g/mol. The summed E-state index contributed by atoms with van der Waals surface area (Å²) in [6.45, 7) is 14.9. The first-order valence-electron chi connectivity index (χ1n) is 13.9. The predicted octanol–water partition coefficient (Wildman–Crippen LogP) is 4.65. The third-order valence-corrected chi connectivity index (χ3v) is 12.2. The second-order valence-corrected chi connectivity index (χ2v) is 14.4. The molecule has 35 heavy (non-hydrogen) atoms. The fraction of sp³-hybridized carbons (Fsp3) is 0.900. The molecule has 5 nitrogen and oxygen atoms in total. The molecule has 0 bridgehead atoms. The minimum Gasteiger partial charge on any atom is -0.393 e. The summed E-state index contributed by atoms with van der Waals surface area (Å²) in [6.07, 6.45) is 6.73. The zero-order valence-electron chi connectivity index (χ0n) is 23.1. The van der Waals surface area contributed by atoms with Gasteiger partial charge < -0.3 is 20.4 Å². The Morgan fingerprint density at radius 2 is 1.74 bits per heavy atom. The van der Waals surface area contributed by atoms with E-state index in [0.717, 1.165) is 24.8 Å². The van der Waals surface area contributed by atoms with Gasteiger partial charge in [0.2, 0.25) is 0 Å². The SMILES string of the molecule is C/C(=C/CC[C@](C)(O)[C@H]1CC[C@]2(C)[C@@H]1C(=O)C[C@@H]1[C@@]3(C)CC[C@H](O)C(C)(C)[C@@H]3[C@@H](O)C[C@]12C)CO. The van der Waals surface area contributed by atoms with Crippen LogP contribution in [0.25, 0.3) is 0 Å². The van der Waals surface area contributed by atoms with Crippen LogP contribution < -0.4 is 0 Å². The van der Waals surface area contributed by atoms with Gasteiger partial charge in [-0.2, -0.15) is 0 Å².